The maximum Gasteiger partial charge on any atom is 0.416 e. The molecule has 0 spiro atoms. The van der Waals surface area contributed by atoms with E-state index in [1.165, 1.54) is 12.1 Å². The molecule has 0 radical (unpaired) electrons. The van der Waals surface area contributed by atoms with E-state index in [4.69, 9.17) is 4.74 Å². The van der Waals surface area contributed by atoms with Crippen LogP contribution in [0.4, 0.5) is 18.0 Å². The summed E-state index contributed by atoms with van der Waals surface area (Å²) in [5.74, 6) is 0.188. The topological polar surface area (TPSA) is 32.8 Å². The van der Waals surface area contributed by atoms with E-state index < -0.39 is 11.7 Å². The first kappa shape index (κ1) is 15.0. The number of carbonyl (C=O) groups excluding carboxylic acids is 1. The Morgan fingerprint density at radius 2 is 1.82 bits per heavy atom. The maximum atomic E-state index is 12.6. The Hall–Kier alpha value is -1.92. The van der Waals surface area contributed by atoms with E-state index in [0.717, 1.165) is 38.1 Å². The molecule has 0 bridgehead atoms. The summed E-state index contributed by atoms with van der Waals surface area (Å²) in [6, 6.07) is 4.83. The quantitative estimate of drug-likeness (QED) is 0.841. The highest BCUT2D eigenvalue weighted by Gasteiger charge is 2.36. The summed E-state index contributed by atoms with van der Waals surface area (Å²) in [6.07, 6.45) is -2.56. The number of rotatable bonds is 2. The number of benzene rings is 1. The van der Waals surface area contributed by atoms with Crippen LogP contribution in [-0.2, 0) is 6.18 Å². The van der Waals surface area contributed by atoms with Gasteiger partial charge in [0.1, 0.15) is 11.9 Å². The molecule has 1 aromatic carbocycles. The molecule has 2 heterocycles. The van der Waals surface area contributed by atoms with Gasteiger partial charge in [-0.15, -0.1) is 0 Å². The molecular weight excluding hydrogens is 297 g/mol. The molecule has 0 saturated carbocycles. The van der Waals surface area contributed by atoms with Gasteiger partial charge in [-0.05, 0) is 31.0 Å². The number of nitrogens with zero attached hydrogens (tertiary/aromatic N) is 2. The van der Waals surface area contributed by atoms with Gasteiger partial charge in [0.25, 0.3) is 0 Å². The molecule has 4 nitrogen and oxygen atoms in total. The second-order valence-corrected chi connectivity index (χ2v) is 5.65. The lowest BCUT2D eigenvalue weighted by Crippen LogP contribution is -2.59. The van der Waals surface area contributed by atoms with Crippen molar-refractivity contribution in [3.05, 3.63) is 29.8 Å². The predicted molar refractivity (Wildman–Crippen MR) is 73.6 cm³/mol. The van der Waals surface area contributed by atoms with Crippen molar-refractivity contribution in [2.45, 2.75) is 25.1 Å². The van der Waals surface area contributed by atoms with E-state index in [2.05, 4.69) is 0 Å². The van der Waals surface area contributed by atoms with Crippen molar-refractivity contribution < 1.29 is 22.7 Å². The van der Waals surface area contributed by atoms with E-state index >= 15 is 0 Å². The van der Waals surface area contributed by atoms with Gasteiger partial charge in [-0.2, -0.15) is 13.2 Å². The minimum atomic E-state index is -4.38. The molecule has 0 aromatic heterocycles. The first-order valence-electron chi connectivity index (χ1n) is 7.31. The molecule has 120 valence electrons. The van der Waals surface area contributed by atoms with Crippen molar-refractivity contribution in [2.24, 2.45) is 0 Å². The average Bonchev–Trinajstić information content (AvgIpc) is 2.95. The first-order chi connectivity index (χ1) is 10.4. The van der Waals surface area contributed by atoms with Gasteiger partial charge < -0.3 is 14.5 Å². The summed E-state index contributed by atoms with van der Waals surface area (Å²) in [5, 5.41) is 0. The third-order valence-electron chi connectivity index (χ3n) is 3.96. The van der Waals surface area contributed by atoms with E-state index in [0.29, 0.717) is 13.1 Å². The van der Waals surface area contributed by atoms with Crippen molar-refractivity contribution in [3.63, 3.8) is 0 Å². The van der Waals surface area contributed by atoms with Crippen LogP contribution < -0.4 is 4.74 Å². The summed E-state index contributed by atoms with van der Waals surface area (Å²) >= 11 is 0. The molecular formula is C15H17F3N2O2. The number of hydrogen-bond donors (Lipinski definition) is 0. The van der Waals surface area contributed by atoms with Crippen LogP contribution >= 0.6 is 0 Å². The number of hydrogen-bond acceptors (Lipinski definition) is 2. The van der Waals surface area contributed by atoms with Gasteiger partial charge in [-0.3, -0.25) is 0 Å². The zero-order chi connectivity index (χ0) is 15.7. The second kappa shape index (κ2) is 5.70. The van der Waals surface area contributed by atoms with Crippen LogP contribution in [0.5, 0.6) is 5.75 Å². The average molecular weight is 314 g/mol. The molecule has 7 heteroatoms. The van der Waals surface area contributed by atoms with E-state index in [1.54, 1.807) is 9.80 Å². The Bertz CT molecular complexity index is 550. The highest BCUT2D eigenvalue weighted by Crippen LogP contribution is 2.32. The van der Waals surface area contributed by atoms with E-state index in [1.807, 2.05) is 0 Å². The predicted octanol–water partition coefficient (Wildman–Crippen LogP) is 2.98. The van der Waals surface area contributed by atoms with Gasteiger partial charge in [-0.1, -0.05) is 6.07 Å². The largest absolute Gasteiger partial charge is 0.487 e. The highest BCUT2D eigenvalue weighted by atomic mass is 19.4. The van der Waals surface area contributed by atoms with Crippen LogP contribution in [0, 0.1) is 0 Å². The van der Waals surface area contributed by atoms with Crippen molar-refractivity contribution in [2.75, 3.05) is 26.2 Å². The lowest BCUT2D eigenvalue weighted by molar-refractivity contribution is -0.137. The third-order valence-corrected chi connectivity index (χ3v) is 3.96. The minimum absolute atomic E-state index is 0.00129. The Labute approximate surface area is 126 Å². The van der Waals surface area contributed by atoms with Crippen molar-refractivity contribution in [1.29, 1.82) is 0 Å². The van der Waals surface area contributed by atoms with E-state index in [9.17, 15) is 18.0 Å². The minimum Gasteiger partial charge on any atom is -0.487 e. The lowest BCUT2D eigenvalue weighted by Gasteiger charge is -2.40. The summed E-state index contributed by atoms with van der Waals surface area (Å²) in [4.78, 5) is 15.5. The normalized spacial score (nSPS) is 19.2. The Morgan fingerprint density at radius 1 is 1.14 bits per heavy atom. The van der Waals surface area contributed by atoms with Crippen molar-refractivity contribution in [1.82, 2.24) is 9.80 Å². The molecule has 2 aliphatic rings. The van der Waals surface area contributed by atoms with Crippen molar-refractivity contribution in [3.8, 4) is 5.75 Å². The molecule has 0 aliphatic carbocycles. The maximum absolute atomic E-state index is 12.6. The van der Waals surface area contributed by atoms with Gasteiger partial charge in [0, 0.05) is 13.1 Å². The smallest absolute Gasteiger partial charge is 0.416 e. The Balaban J connectivity index is 1.53. The highest BCUT2D eigenvalue weighted by molar-refractivity contribution is 5.75. The zero-order valence-electron chi connectivity index (χ0n) is 12.0. The molecule has 0 unspecified atom stereocenters. The molecule has 2 aliphatic heterocycles. The number of halogens is 3. The summed E-state index contributed by atoms with van der Waals surface area (Å²) < 4.78 is 43.4. The molecule has 22 heavy (non-hydrogen) atoms. The van der Waals surface area contributed by atoms with Crippen LogP contribution in [-0.4, -0.2) is 48.1 Å². The number of ether oxygens (including phenoxy) is 1. The molecule has 2 saturated heterocycles. The van der Waals surface area contributed by atoms with Gasteiger partial charge >= 0.3 is 12.2 Å². The number of amides is 2. The van der Waals surface area contributed by atoms with Gasteiger partial charge in [0.2, 0.25) is 0 Å². The molecule has 1 aromatic rings. The Morgan fingerprint density at radius 3 is 2.45 bits per heavy atom. The monoisotopic (exact) mass is 314 g/mol. The first-order valence-corrected chi connectivity index (χ1v) is 7.31. The molecule has 0 N–H and O–H groups in total. The summed E-state index contributed by atoms with van der Waals surface area (Å²) in [6.45, 7) is 2.42. The molecule has 2 fully saturated rings. The van der Waals surface area contributed by atoms with Gasteiger partial charge in [0.15, 0.2) is 0 Å². The zero-order valence-corrected chi connectivity index (χ0v) is 12.0. The van der Waals surface area contributed by atoms with Crippen LogP contribution in [0.1, 0.15) is 18.4 Å². The number of carbonyl (C=O) groups is 1. The van der Waals surface area contributed by atoms with Gasteiger partial charge in [-0.25, -0.2) is 4.79 Å². The van der Waals surface area contributed by atoms with Crippen LogP contribution in [0.2, 0.25) is 0 Å². The van der Waals surface area contributed by atoms with Crippen LogP contribution in [0.25, 0.3) is 0 Å². The number of alkyl halides is 3. The number of likely N-dealkylation sites (tertiary alicyclic amines) is 2. The van der Waals surface area contributed by atoms with Crippen molar-refractivity contribution >= 4 is 6.03 Å². The number of urea groups is 1. The fourth-order valence-corrected chi connectivity index (χ4v) is 2.72. The van der Waals surface area contributed by atoms with E-state index in [-0.39, 0.29) is 17.9 Å². The molecule has 2 amide bonds. The second-order valence-electron chi connectivity index (χ2n) is 5.65. The third kappa shape index (κ3) is 3.13. The fourth-order valence-electron chi connectivity index (χ4n) is 2.72. The molecule has 0 atom stereocenters. The lowest BCUT2D eigenvalue weighted by atomic mass is 10.1. The fraction of sp³-hybridized carbons (Fsp3) is 0.533. The van der Waals surface area contributed by atoms with Crippen LogP contribution in [0.15, 0.2) is 24.3 Å². The Kier molecular flexibility index (Phi) is 3.88. The van der Waals surface area contributed by atoms with Gasteiger partial charge in [0.05, 0.1) is 18.7 Å². The van der Waals surface area contributed by atoms with Crippen LogP contribution in [0.3, 0.4) is 0 Å². The molecule has 3 rings (SSSR count). The standard InChI is InChI=1S/C15H17F3N2O2/c16-15(17,18)11-4-3-5-12(8-11)22-13-9-20(10-13)14(21)19-6-1-2-7-19/h3-5,8,13H,1-2,6-7,9-10H2. The summed E-state index contributed by atoms with van der Waals surface area (Å²) in [7, 11) is 0. The summed E-state index contributed by atoms with van der Waals surface area (Å²) in [5.41, 5.74) is -0.727. The SMILES string of the molecule is O=C(N1CCCC1)N1CC(Oc2cccc(C(F)(F)F)c2)C1.